The van der Waals surface area contributed by atoms with Gasteiger partial charge in [0.05, 0.1) is 11.1 Å². The lowest BCUT2D eigenvalue weighted by Crippen LogP contribution is -2.62. The number of aliphatic hydroxyl groups excluding tert-OH is 1. The third kappa shape index (κ3) is 9.70. The van der Waals surface area contributed by atoms with Crippen LogP contribution in [0.3, 0.4) is 0 Å². The minimum Gasteiger partial charge on any atom is -0.391 e. The third-order valence-corrected chi connectivity index (χ3v) is 12.1. The Morgan fingerprint density at radius 2 is 1.64 bits per heavy atom. The predicted molar refractivity (Wildman–Crippen MR) is 215 cm³/mol. The van der Waals surface area contributed by atoms with Crippen molar-refractivity contribution in [1.82, 2.24) is 30.7 Å². The van der Waals surface area contributed by atoms with E-state index in [9.17, 15) is 43.1 Å². The molecule has 59 heavy (non-hydrogen) atoms. The molecule has 17 heteroatoms. The number of benzene rings is 2. The van der Waals surface area contributed by atoms with Crippen LogP contribution < -0.4 is 21.3 Å². The second-order valence-electron chi connectivity index (χ2n) is 16.6. The Bertz CT molecular complexity index is 2000. The van der Waals surface area contributed by atoms with Crippen LogP contribution in [-0.2, 0) is 35.2 Å². The van der Waals surface area contributed by atoms with Gasteiger partial charge in [0, 0.05) is 38.2 Å². The molecule has 318 valence electrons. The minimum atomic E-state index is -1.51. The summed E-state index contributed by atoms with van der Waals surface area (Å²) in [7, 11) is 0. The molecule has 3 saturated heterocycles. The Balaban J connectivity index is 1.13. The van der Waals surface area contributed by atoms with Crippen LogP contribution >= 0.6 is 11.6 Å². The van der Waals surface area contributed by atoms with E-state index in [1.807, 2.05) is 26.0 Å². The summed E-state index contributed by atoms with van der Waals surface area (Å²) in [6.45, 7) is 7.61. The summed E-state index contributed by atoms with van der Waals surface area (Å²) in [5.74, 6) is -3.34. The maximum Gasteiger partial charge on any atom is 0.319 e. The first-order chi connectivity index (χ1) is 28.0. The number of rotatable bonds is 12. The van der Waals surface area contributed by atoms with E-state index in [0.717, 1.165) is 11.6 Å². The molecule has 4 fully saturated rings. The summed E-state index contributed by atoms with van der Waals surface area (Å²) in [6.07, 6.45) is 1.91. The van der Waals surface area contributed by atoms with Crippen molar-refractivity contribution in [2.45, 2.75) is 121 Å². The summed E-state index contributed by atoms with van der Waals surface area (Å²) in [6, 6.07) is 4.54. The minimum absolute atomic E-state index is 0.000232. The molecule has 2 aromatic rings. The largest absolute Gasteiger partial charge is 0.391 e. The number of nitrogens with zero attached hydrogens (tertiary/aromatic N) is 3. The maximum atomic E-state index is 14.3. The maximum absolute atomic E-state index is 14.3. The van der Waals surface area contributed by atoms with Crippen molar-refractivity contribution in [2.75, 3.05) is 25.0 Å². The van der Waals surface area contributed by atoms with Crippen molar-refractivity contribution in [1.29, 1.82) is 0 Å². The Morgan fingerprint density at radius 3 is 2.32 bits per heavy atom. The summed E-state index contributed by atoms with van der Waals surface area (Å²) in [4.78, 5) is 99.5. The Morgan fingerprint density at radius 1 is 0.932 bits per heavy atom. The molecule has 0 bridgehead atoms. The highest BCUT2D eigenvalue weighted by molar-refractivity contribution is 6.30. The lowest BCUT2D eigenvalue weighted by molar-refractivity contribution is -0.152. The molecule has 1 spiro atoms. The number of aryl methyl sites for hydroxylation is 1. The topological polar surface area (TPSA) is 198 Å². The zero-order valence-electron chi connectivity index (χ0n) is 33.8. The second-order valence-corrected chi connectivity index (χ2v) is 17.0. The van der Waals surface area contributed by atoms with Crippen LogP contribution in [0.1, 0.15) is 76.8 Å². The molecular formula is C42H53ClFN7O8. The number of hydrogen-bond acceptors (Lipinski definition) is 8. The number of likely N-dealkylation sites (tertiary alicyclic amines) is 3. The number of halogens is 2. The molecular weight excluding hydrogens is 785 g/mol. The second kappa shape index (κ2) is 18.0. The Kier molecular flexibility index (Phi) is 13.3. The Labute approximate surface area is 347 Å². The molecule has 6 rings (SSSR count). The molecule has 0 aromatic heterocycles. The highest BCUT2D eigenvalue weighted by atomic mass is 35.5. The molecule has 0 unspecified atom stereocenters. The summed E-state index contributed by atoms with van der Waals surface area (Å²) >= 11 is 5.77. The van der Waals surface area contributed by atoms with Gasteiger partial charge in [-0.3, -0.25) is 28.8 Å². The van der Waals surface area contributed by atoms with Gasteiger partial charge >= 0.3 is 6.03 Å². The van der Waals surface area contributed by atoms with Gasteiger partial charge in [0.25, 0.3) is 0 Å². The van der Waals surface area contributed by atoms with Crippen LogP contribution in [-0.4, -0.2) is 123 Å². The zero-order valence-corrected chi connectivity index (χ0v) is 34.5. The van der Waals surface area contributed by atoms with E-state index in [1.54, 1.807) is 24.0 Å². The fraction of sp³-hybridized carbons (Fsp3) is 0.548. The first kappa shape index (κ1) is 43.5. The van der Waals surface area contributed by atoms with Crippen molar-refractivity contribution in [2.24, 2.45) is 5.92 Å². The van der Waals surface area contributed by atoms with Crippen LogP contribution in [0.25, 0.3) is 0 Å². The number of ketones is 1. The molecule has 8 atom stereocenters. The van der Waals surface area contributed by atoms with E-state index >= 15 is 0 Å². The number of piperidine rings is 1. The van der Waals surface area contributed by atoms with Crippen LogP contribution in [0.15, 0.2) is 42.5 Å². The number of carbonyl (C=O) groups excluding carboxylic acids is 7. The lowest BCUT2D eigenvalue weighted by atomic mass is 9.99. The van der Waals surface area contributed by atoms with E-state index in [4.69, 9.17) is 11.6 Å². The van der Waals surface area contributed by atoms with E-state index in [2.05, 4.69) is 21.3 Å². The smallest absolute Gasteiger partial charge is 0.319 e. The SMILES string of the molecule is Cc1cccc(C[C@H](NC(=O)Nc2ccc(Cl)c(F)c2)C(=O)N[C@H](C(=O)N2CCC[C@H]2C(=O)N2CCCC[C@H]2C(=O)N[C@@H](C)C(=O)N2C[C@H](C)C[C@@]23CC3=O)[C@H](C)O)c1. The molecule has 0 radical (unpaired) electrons. The van der Waals surface area contributed by atoms with Gasteiger partial charge in [-0.15, -0.1) is 0 Å². The van der Waals surface area contributed by atoms with Crippen molar-refractivity contribution in [3.05, 3.63) is 64.4 Å². The molecule has 5 N–H and O–H groups in total. The van der Waals surface area contributed by atoms with Gasteiger partial charge in [-0.2, -0.15) is 0 Å². The normalized spacial score (nSPS) is 24.6. The van der Waals surface area contributed by atoms with Crippen molar-refractivity contribution in [3.8, 4) is 0 Å². The summed E-state index contributed by atoms with van der Waals surface area (Å²) in [5.41, 5.74) is 0.914. The number of carbonyl (C=O) groups is 7. The molecule has 1 saturated carbocycles. The zero-order chi connectivity index (χ0) is 42.8. The molecule has 15 nitrogen and oxygen atoms in total. The highest BCUT2D eigenvalue weighted by Crippen LogP contribution is 2.48. The quantitative estimate of drug-likeness (QED) is 0.215. The van der Waals surface area contributed by atoms with Gasteiger partial charge in [0.2, 0.25) is 29.5 Å². The van der Waals surface area contributed by atoms with Crippen LogP contribution in [0.5, 0.6) is 0 Å². The molecule has 2 aromatic carbocycles. The van der Waals surface area contributed by atoms with Crippen molar-refractivity contribution >= 4 is 58.6 Å². The fourth-order valence-corrected chi connectivity index (χ4v) is 8.87. The van der Waals surface area contributed by atoms with Crippen LogP contribution in [0.2, 0.25) is 5.02 Å². The Hall–Kier alpha value is -5.09. The predicted octanol–water partition coefficient (Wildman–Crippen LogP) is 2.84. The number of aliphatic hydroxyl groups is 1. The van der Waals surface area contributed by atoms with Crippen molar-refractivity contribution < 1.29 is 43.1 Å². The highest BCUT2D eigenvalue weighted by Gasteiger charge is 2.63. The van der Waals surface area contributed by atoms with E-state index in [-0.39, 0.29) is 54.2 Å². The molecule has 7 amide bonds. The van der Waals surface area contributed by atoms with Gasteiger partial charge in [-0.25, -0.2) is 9.18 Å². The van der Waals surface area contributed by atoms with Gasteiger partial charge in [-0.05, 0) is 89.0 Å². The first-order valence-electron chi connectivity index (χ1n) is 20.3. The number of amides is 7. The standard InChI is InChI=1S/C42H53ClFN7O8/c1-23-9-7-10-27(17-23)18-31(47-41(59)46-28-13-14-29(43)30(44)19-28)36(54)48-35(26(4)52)40(58)50-16-8-12-33(50)39(57)49-15-6-5-11-32(49)37(55)45-25(3)38(56)51-22-24(2)20-42(51)21-34(42)53/h7,9-10,13-14,17,19,24-26,31-33,35,52H,5-6,8,11-12,15-16,18,20-22H2,1-4H3,(H,45,55)(H,48,54)(H2,46,47,59)/t24-,25+,26+,31+,32+,33+,35+,42+/m1/s1. The van der Waals surface area contributed by atoms with Crippen molar-refractivity contribution in [3.63, 3.8) is 0 Å². The van der Waals surface area contributed by atoms with E-state index < -0.39 is 77.3 Å². The molecule has 3 aliphatic heterocycles. The number of Topliss-reactive ketones (excluding diaryl/α,β-unsaturated/α-hetero) is 1. The van der Waals surface area contributed by atoms with Gasteiger partial charge in [0.15, 0.2) is 5.78 Å². The average molecular weight is 838 g/mol. The molecule has 3 heterocycles. The number of anilines is 1. The van der Waals surface area contributed by atoms with Crippen LogP contribution in [0, 0.1) is 18.7 Å². The average Bonchev–Trinajstić information content (AvgIpc) is 3.46. The van der Waals surface area contributed by atoms with Gasteiger partial charge < -0.3 is 41.1 Å². The molecule has 1 aliphatic carbocycles. The van der Waals surface area contributed by atoms with E-state index in [0.29, 0.717) is 50.6 Å². The van der Waals surface area contributed by atoms with Gasteiger partial charge in [-0.1, -0.05) is 48.4 Å². The van der Waals surface area contributed by atoms with E-state index in [1.165, 1.54) is 28.9 Å². The fourth-order valence-electron chi connectivity index (χ4n) is 8.75. The lowest BCUT2D eigenvalue weighted by Gasteiger charge is -2.39. The molecule has 4 aliphatic rings. The number of urea groups is 1. The number of nitrogens with one attached hydrogen (secondary N) is 4. The first-order valence-corrected chi connectivity index (χ1v) is 20.7. The summed E-state index contributed by atoms with van der Waals surface area (Å²) in [5, 5.41) is 21.2. The van der Waals surface area contributed by atoms with Gasteiger partial charge in [0.1, 0.15) is 41.6 Å². The number of hydrogen-bond donors (Lipinski definition) is 5. The monoisotopic (exact) mass is 837 g/mol. The third-order valence-electron chi connectivity index (χ3n) is 11.8. The van der Waals surface area contributed by atoms with Crippen LogP contribution in [0.4, 0.5) is 14.9 Å². The summed E-state index contributed by atoms with van der Waals surface area (Å²) < 4.78 is 14.1.